The van der Waals surface area contributed by atoms with E-state index in [2.05, 4.69) is 75.4 Å². The second kappa shape index (κ2) is 14.0. The van der Waals surface area contributed by atoms with Crippen LogP contribution in [0.15, 0.2) is 60.2 Å². The molecule has 0 unspecified atom stereocenters. The maximum Gasteiger partial charge on any atom is 0.210 e. The largest absolute Gasteiger partial charge is 0.493 e. The smallest absolute Gasteiger partial charge is 0.210 e. The highest BCUT2D eigenvalue weighted by Crippen LogP contribution is 2.37. The van der Waals surface area contributed by atoms with Crippen LogP contribution in [0.1, 0.15) is 114 Å². The SMILES string of the molecule is CCCCCCCCC1=C(c2ccc(CCCC)cc2)[N+](=[N-])C(c2ccc(CCCC)cc2)=C1. The van der Waals surface area contributed by atoms with Crippen LogP contribution in [0.25, 0.3) is 16.9 Å². The van der Waals surface area contributed by atoms with Crippen molar-refractivity contribution in [1.82, 2.24) is 0 Å². The molecule has 3 rings (SSSR count). The Balaban J connectivity index is 1.79. The zero-order chi connectivity index (χ0) is 24.2. The highest BCUT2D eigenvalue weighted by Gasteiger charge is 2.28. The summed E-state index contributed by atoms with van der Waals surface area (Å²) >= 11 is 0. The van der Waals surface area contributed by atoms with Gasteiger partial charge in [-0.05, 0) is 73.9 Å². The van der Waals surface area contributed by atoms with E-state index in [0.717, 1.165) is 41.8 Å². The molecule has 182 valence electrons. The second-order valence-corrected chi connectivity index (χ2v) is 9.83. The first-order chi connectivity index (χ1) is 16.7. The molecule has 0 fully saturated rings. The number of aryl methyl sites for hydroxylation is 2. The standard InChI is InChI=1S/C32H44N2/c1-4-7-10-11-12-13-16-30-25-31(28-21-17-26(18-22-28)14-8-5-2)34(33)32(30)29-23-19-27(20-24-29)15-9-6-3/h17-25H,4-16H2,1-3H3. The summed E-state index contributed by atoms with van der Waals surface area (Å²) < 4.78 is 1.44. The molecule has 0 radical (unpaired) electrons. The first-order valence-electron chi connectivity index (χ1n) is 13.8. The molecule has 1 heterocycles. The van der Waals surface area contributed by atoms with Crippen molar-refractivity contribution in [2.24, 2.45) is 0 Å². The molecule has 0 saturated heterocycles. The molecular formula is C32H44N2. The minimum atomic E-state index is 0.896. The molecule has 0 aliphatic carbocycles. The van der Waals surface area contributed by atoms with Gasteiger partial charge in [0.15, 0.2) is 0 Å². The Bertz CT molecular complexity index is 961. The van der Waals surface area contributed by atoms with Gasteiger partial charge in [0.1, 0.15) is 0 Å². The van der Waals surface area contributed by atoms with Gasteiger partial charge in [0, 0.05) is 22.8 Å². The van der Waals surface area contributed by atoms with Gasteiger partial charge in [-0.1, -0.05) is 90.0 Å². The predicted molar refractivity (Wildman–Crippen MR) is 147 cm³/mol. The van der Waals surface area contributed by atoms with E-state index in [1.165, 1.54) is 85.6 Å². The number of rotatable bonds is 15. The second-order valence-electron chi connectivity index (χ2n) is 9.83. The number of benzene rings is 2. The maximum atomic E-state index is 11.3. The van der Waals surface area contributed by atoms with E-state index in [-0.39, 0.29) is 0 Å². The highest BCUT2D eigenvalue weighted by molar-refractivity contribution is 5.78. The van der Waals surface area contributed by atoms with Gasteiger partial charge in [-0.25, -0.2) is 4.70 Å². The number of allylic oxidation sites excluding steroid dienone is 2. The van der Waals surface area contributed by atoms with Gasteiger partial charge in [0.2, 0.25) is 11.4 Å². The molecule has 0 atom stereocenters. The molecular weight excluding hydrogens is 412 g/mol. The van der Waals surface area contributed by atoms with E-state index >= 15 is 0 Å². The van der Waals surface area contributed by atoms with E-state index in [4.69, 9.17) is 0 Å². The number of hydrogen-bond acceptors (Lipinski definition) is 0. The monoisotopic (exact) mass is 456 g/mol. The zero-order valence-corrected chi connectivity index (χ0v) is 21.8. The molecule has 1 aliphatic heterocycles. The van der Waals surface area contributed by atoms with Crippen LogP contribution in [-0.4, -0.2) is 4.70 Å². The summed E-state index contributed by atoms with van der Waals surface area (Å²) in [5.41, 5.74) is 19.4. The Morgan fingerprint density at radius 2 is 1.06 bits per heavy atom. The summed E-state index contributed by atoms with van der Waals surface area (Å²) in [5.74, 6) is 0. The van der Waals surface area contributed by atoms with Crippen molar-refractivity contribution >= 4 is 11.4 Å². The molecule has 2 aromatic rings. The van der Waals surface area contributed by atoms with Gasteiger partial charge in [-0.2, -0.15) is 0 Å². The van der Waals surface area contributed by atoms with Crippen LogP contribution in [0.3, 0.4) is 0 Å². The zero-order valence-electron chi connectivity index (χ0n) is 21.8. The first kappa shape index (κ1) is 26.1. The molecule has 2 nitrogen and oxygen atoms in total. The Morgan fingerprint density at radius 3 is 1.62 bits per heavy atom. The normalized spacial score (nSPS) is 13.6. The summed E-state index contributed by atoms with van der Waals surface area (Å²) in [6.07, 6.45) is 18.0. The molecule has 0 amide bonds. The van der Waals surface area contributed by atoms with Crippen molar-refractivity contribution in [3.8, 4) is 0 Å². The van der Waals surface area contributed by atoms with Crippen LogP contribution in [-0.2, 0) is 12.8 Å². The summed E-state index contributed by atoms with van der Waals surface area (Å²) in [6, 6.07) is 17.6. The lowest BCUT2D eigenvalue weighted by molar-refractivity contribution is -0.344. The van der Waals surface area contributed by atoms with Gasteiger partial charge in [-0.3, -0.25) is 0 Å². The van der Waals surface area contributed by atoms with Crippen LogP contribution in [0.2, 0.25) is 0 Å². The average Bonchev–Trinajstić information content (AvgIpc) is 3.20. The van der Waals surface area contributed by atoms with E-state index in [1.54, 1.807) is 0 Å². The van der Waals surface area contributed by atoms with E-state index < -0.39 is 0 Å². The van der Waals surface area contributed by atoms with Gasteiger partial charge < -0.3 is 5.53 Å². The topological polar surface area (TPSA) is 25.3 Å². The van der Waals surface area contributed by atoms with Crippen LogP contribution in [0, 0.1) is 0 Å². The predicted octanol–water partition coefficient (Wildman–Crippen LogP) is 9.92. The fraction of sp³-hybridized carbons (Fsp3) is 0.500. The third kappa shape index (κ3) is 7.26. The summed E-state index contributed by atoms with van der Waals surface area (Å²) in [7, 11) is 0. The van der Waals surface area contributed by atoms with Gasteiger partial charge in [0.05, 0.1) is 0 Å². The number of hydrogen-bond donors (Lipinski definition) is 0. The Kier molecular flexibility index (Phi) is 10.8. The lowest BCUT2D eigenvalue weighted by Gasteiger charge is -2.11. The fourth-order valence-electron chi connectivity index (χ4n) is 4.78. The van der Waals surface area contributed by atoms with E-state index in [1.807, 2.05) is 0 Å². The summed E-state index contributed by atoms with van der Waals surface area (Å²) in [6.45, 7) is 6.73. The average molecular weight is 457 g/mol. The van der Waals surface area contributed by atoms with Crippen LogP contribution in [0.5, 0.6) is 0 Å². The number of nitrogens with zero attached hydrogens (tertiary/aromatic N) is 2. The lowest BCUT2D eigenvalue weighted by Crippen LogP contribution is -2.02. The molecule has 0 saturated carbocycles. The van der Waals surface area contributed by atoms with Crippen molar-refractivity contribution in [2.45, 2.75) is 104 Å². The van der Waals surface area contributed by atoms with Crippen molar-refractivity contribution in [3.63, 3.8) is 0 Å². The highest BCUT2D eigenvalue weighted by atomic mass is 15.2. The molecule has 1 aliphatic rings. The van der Waals surface area contributed by atoms with Crippen LogP contribution in [0.4, 0.5) is 0 Å². The van der Waals surface area contributed by atoms with E-state index in [0.29, 0.717) is 0 Å². The number of unbranched alkanes of at least 4 members (excludes halogenated alkanes) is 7. The van der Waals surface area contributed by atoms with Gasteiger partial charge in [-0.15, -0.1) is 0 Å². The maximum absolute atomic E-state index is 11.3. The van der Waals surface area contributed by atoms with E-state index in [9.17, 15) is 5.53 Å². The third-order valence-electron chi connectivity index (χ3n) is 6.97. The Labute approximate surface area is 208 Å². The Morgan fingerprint density at radius 1 is 0.559 bits per heavy atom. The Hall–Kier alpha value is -2.48. The minimum absolute atomic E-state index is 0.896. The first-order valence-corrected chi connectivity index (χ1v) is 13.8. The van der Waals surface area contributed by atoms with Crippen molar-refractivity contribution in [3.05, 3.63) is 88.0 Å². The van der Waals surface area contributed by atoms with Crippen molar-refractivity contribution < 1.29 is 4.70 Å². The van der Waals surface area contributed by atoms with Crippen LogP contribution < -0.4 is 0 Å². The van der Waals surface area contributed by atoms with Crippen LogP contribution >= 0.6 is 0 Å². The van der Waals surface area contributed by atoms with Gasteiger partial charge in [0.25, 0.3) is 0 Å². The molecule has 0 spiro atoms. The van der Waals surface area contributed by atoms with Gasteiger partial charge >= 0.3 is 0 Å². The fourth-order valence-corrected chi connectivity index (χ4v) is 4.78. The minimum Gasteiger partial charge on any atom is -0.493 e. The lowest BCUT2D eigenvalue weighted by atomic mass is 9.99. The molecule has 2 heteroatoms. The van der Waals surface area contributed by atoms with Crippen molar-refractivity contribution in [2.75, 3.05) is 0 Å². The quantitative estimate of drug-likeness (QED) is 0.188. The molecule has 2 aromatic carbocycles. The third-order valence-corrected chi connectivity index (χ3v) is 6.97. The molecule has 0 aromatic heterocycles. The molecule has 34 heavy (non-hydrogen) atoms. The molecule has 0 N–H and O–H groups in total. The molecule has 0 bridgehead atoms. The summed E-state index contributed by atoms with van der Waals surface area (Å²) in [4.78, 5) is 0. The van der Waals surface area contributed by atoms with Crippen molar-refractivity contribution in [1.29, 1.82) is 0 Å². The summed E-state index contributed by atoms with van der Waals surface area (Å²) in [5, 5.41) is 0.